The Kier molecular flexibility index (Phi) is 4.22. The van der Waals surface area contributed by atoms with Crippen LogP contribution in [0, 0.1) is 5.92 Å². The number of benzene rings is 1. The lowest BCUT2D eigenvalue weighted by Crippen LogP contribution is -2.15. The van der Waals surface area contributed by atoms with Crippen molar-refractivity contribution >= 4 is 5.69 Å². The lowest BCUT2D eigenvalue weighted by atomic mass is 10.1. The first kappa shape index (κ1) is 14.3. The van der Waals surface area contributed by atoms with Gasteiger partial charge in [0.1, 0.15) is 0 Å². The second-order valence-corrected chi connectivity index (χ2v) is 5.09. The first-order valence-corrected chi connectivity index (χ1v) is 6.85. The first-order valence-electron chi connectivity index (χ1n) is 6.85. The molecular weight excluding hydrogens is 254 g/mol. The average molecular weight is 275 g/mol. The van der Waals surface area contributed by atoms with Crippen LogP contribution in [0.2, 0.25) is 0 Å². The molecule has 2 rings (SSSR count). The van der Waals surface area contributed by atoms with Gasteiger partial charge in [-0.3, -0.25) is 0 Å². The number of nitrogens with two attached hydrogens (primary N) is 1. The van der Waals surface area contributed by atoms with Crippen molar-refractivity contribution in [1.82, 2.24) is 20.2 Å². The van der Waals surface area contributed by atoms with Gasteiger partial charge in [-0.05, 0) is 42.3 Å². The Morgan fingerprint density at radius 2 is 2.05 bits per heavy atom. The van der Waals surface area contributed by atoms with Crippen molar-refractivity contribution < 1.29 is 4.74 Å². The van der Waals surface area contributed by atoms with Crippen LogP contribution >= 0.6 is 0 Å². The number of tetrazole rings is 1. The minimum absolute atomic E-state index is 0.191. The molecule has 1 heterocycles. The Hall–Kier alpha value is -2.11. The van der Waals surface area contributed by atoms with E-state index in [1.54, 1.807) is 0 Å². The second kappa shape index (κ2) is 5.90. The smallest absolute Gasteiger partial charge is 0.186 e. The summed E-state index contributed by atoms with van der Waals surface area (Å²) in [7, 11) is 0. The zero-order valence-corrected chi connectivity index (χ0v) is 12.4. The average Bonchev–Trinajstić information content (AvgIpc) is 2.89. The molecule has 0 aliphatic carbocycles. The molecule has 108 valence electrons. The number of ether oxygens (including phenoxy) is 1. The molecule has 0 saturated heterocycles. The third kappa shape index (κ3) is 2.59. The molecule has 1 aromatic heterocycles. The van der Waals surface area contributed by atoms with Crippen molar-refractivity contribution in [3.8, 4) is 17.1 Å². The fourth-order valence-electron chi connectivity index (χ4n) is 1.96. The zero-order valence-electron chi connectivity index (χ0n) is 12.4. The van der Waals surface area contributed by atoms with Crippen LogP contribution in [-0.4, -0.2) is 26.8 Å². The SMILES string of the molecule is CCOc1c(N)cccc1-c1nnnn1C(C)C(C)C. The van der Waals surface area contributed by atoms with E-state index in [0.717, 1.165) is 5.56 Å². The molecule has 0 aliphatic rings. The minimum atomic E-state index is 0.191. The molecule has 6 nitrogen and oxygen atoms in total. The van der Waals surface area contributed by atoms with Gasteiger partial charge in [0.05, 0.1) is 23.9 Å². The van der Waals surface area contributed by atoms with Crippen LogP contribution in [0.25, 0.3) is 11.4 Å². The molecule has 0 saturated carbocycles. The standard InChI is InChI=1S/C14H21N5O/c1-5-20-13-11(7-6-8-12(13)15)14-16-17-18-19(14)10(4)9(2)3/h6-10H,5,15H2,1-4H3. The predicted molar refractivity (Wildman–Crippen MR) is 78.4 cm³/mol. The maximum Gasteiger partial charge on any atom is 0.186 e. The molecule has 2 aromatic rings. The maximum absolute atomic E-state index is 6.00. The Bertz CT molecular complexity index is 579. The number of anilines is 1. The van der Waals surface area contributed by atoms with Gasteiger partial charge in [-0.25, -0.2) is 4.68 Å². The molecular formula is C14H21N5O. The number of aromatic nitrogens is 4. The molecule has 1 atom stereocenters. The lowest BCUT2D eigenvalue weighted by Gasteiger charge is -2.18. The molecule has 2 N–H and O–H groups in total. The molecule has 20 heavy (non-hydrogen) atoms. The van der Waals surface area contributed by atoms with Gasteiger partial charge in [0.2, 0.25) is 0 Å². The van der Waals surface area contributed by atoms with E-state index in [4.69, 9.17) is 10.5 Å². The van der Waals surface area contributed by atoms with Crippen molar-refractivity contribution in [1.29, 1.82) is 0 Å². The van der Waals surface area contributed by atoms with Crippen LogP contribution in [0.3, 0.4) is 0 Å². The van der Waals surface area contributed by atoms with Crippen LogP contribution in [0.15, 0.2) is 18.2 Å². The Labute approximate surface area is 118 Å². The van der Waals surface area contributed by atoms with Crippen LogP contribution < -0.4 is 10.5 Å². The summed E-state index contributed by atoms with van der Waals surface area (Å²) in [5.41, 5.74) is 7.41. The summed E-state index contributed by atoms with van der Waals surface area (Å²) < 4.78 is 7.47. The van der Waals surface area contributed by atoms with Crippen molar-refractivity contribution in [2.24, 2.45) is 5.92 Å². The molecule has 0 fully saturated rings. The largest absolute Gasteiger partial charge is 0.491 e. The highest BCUT2D eigenvalue weighted by Gasteiger charge is 2.20. The minimum Gasteiger partial charge on any atom is -0.491 e. The van der Waals surface area contributed by atoms with E-state index in [1.165, 1.54) is 0 Å². The summed E-state index contributed by atoms with van der Waals surface area (Å²) in [5, 5.41) is 12.0. The summed E-state index contributed by atoms with van der Waals surface area (Å²) in [6.07, 6.45) is 0. The molecule has 0 radical (unpaired) electrons. The summed E-state index contributed by atoms with van der Waals surface area (Å²) in [6.45, 7) is 8.84. The van der Waals surface area contributed by atoms with Gasteiger partial charge in [-0.2, -0.15) is 0 Å². The second-order valence-electron chi connectivity index (χ2n) is 5.09. The van der Waals surface area contributed by atoms with Crippen LogP contribution in [0.5, 0.6) is 5.75 Å². The first-order chi connectivity index (χ1) is 9.56. The third-order valence-corrected chi connectivity index (χ3v) is 3.42. The highest BCUT2D eigenvalue weighted by molar-refractivity contribution is 5.73. The summed E-state index contributed by atoms with van der Waals surface area (Å²) in [6, 6.07) is 5.81. The summed E-state index contributed by atoms with van der Waals surface area (Å²) in [5.74, 6) is 1.75. The molecule has 0 amide bonds. The number of hydrogen-bond acceptors (Lipinski definition) is 5. The molecule has 0 spiro atoms. The maximum atomic E-state index is 6.00. The monoisotopic (exact) mass is 275 g/mol. The van der Waals surface area contributed by atoms with Gasteiger partial charge in [0.15, 0.2) is 11.6 Å². The Balaban J connectivity index is 2.53. The van der Waals surface area contributed by atoms with E-state index in [1.807, 2.05) is 29.8 Å². The van der Waals surface area contributed by atoms with Crippen molar-refractivity contribution in [2.75, 3.05) is 12.3 Å². The highest BCUT2D eigenvalue weighted by Crippen LogP contribution is 2.35. The van der Waals surface area contributed by atoms with Crippen LogP contribution in [0.4, 0.5) is 5.69 Å². The van der Waals surface area contributed by atoms with Gasteiger partial charge in [-0.1, -0.05) is 19.9 Å². The van der Waals surface area contributed by atoms with Crippen LogP contribution in [0.1, 0.15) is 33.7 Å². The van der Waals surface area contributed by atoms with Crippen molar-refractivity contribution in [3.63, 3.8) is 0 Å². The van der Waals surface area contributed by atoms with Crippen LogP contribution in [-0.2, 0) is 0 Å². The van der Waals surface area contributed by atoms with E-state index < -0.39 is 0 Å². The molecule has 0 aliphatic heterocycles. The normalized spacial score (nSPS) is 12.7. The van der Waals surface area contributed by atoms with Crippen molar-refractivity contribution in [3.05, 3.63) is 18.2 Å². The number of nitrogen functional groups attached to an aromatic ring is 1. The van der Waals surface area contributed by atoms with E-state index in [2.05, 4.69) is 36.3 Å². The fourth-order valence-corrected chi connectivity index (χ4v) is 1.96. The number of rotatable bonds is 5. The number of para-hydroxylation sites is 1. The Morgan fingerprint density at radius 1 is 1.30 bits per heavy atom. The van der Waals surface area contributed by atoms with E-state index in [9.17, 15) is 0 Å². The Morgan fingerprint density at radius 3 is 2.70 bits per heavy atom. The van der Waals surface area contributed by atoms with E-state index in [-0.39, 0.29) is 6.04 Å². The molecule has 1 unspecified atom stereocenters. The predicted octanol–water partition coefficient (Wildman–Crippen LogP) is 2.54. The van der Waals surface area contributed by atoms with Gasteiger partial charge < -0.3 is 10.5 Å². The van der Waals surface area contributed by atoms with Gasteiger partial charge in [0, 0.05) is 0 Å². The molecule has 1 aromatic carbocycles. The van der Waals surface area contributed by atoms with E-state index in [0.29, 0.717) is 29.8 Å². The summed E-state index contributed by atoms with van der Waals surface area (Å²) >= 11 is 0. The molecule has 6 heteroatoms. The number of hydrogen-bond donors (Lipinski definition) is 1. The van der Waals surface area contributed by atoms with E-state index >= 15 is 0 Å². The fraction of sp³-hybridized carbons (Fsp3) is 0.500. The molecule has 0 bridgehead atoms. The quantitative estimate of drug-likeness (QED) is 0.848. The highest BCUT2D eigenvalue weighted by atomic mass is 16.5. The third-order valence-electron chi connectivity index (χ3n) is 3.42. The van der Waals surface area contributed by atoms with Gasteiger partial charge in [0.25, 0.3) is 0 Å². The van der Waals surface area contributed by atoms with Crippen molar-refractivity contribution in [2.45, 2.75) is 33.7 Å². The number of nitrogens with zero attached hydrogens (tertiary/aromatic N) is 4. The van der Waals surface area contributed by atoms with Gasteiger partial charge >= 0.3 is 0 Å². The lowest BCUT2D eigenvalue weighted by molar-refractivity contribution is 0.341. The van der Waals surface area contributed by atoms with Gasteiger partial charge in [-0.15, -0.1) is 5.10 Å². The zero-order chi connectivity index (χ0) is 14.7. The summed E-state index contributed by atoms with van der Waals surface area (Å²) in [4.78, 5) is 0. The topological polar surface area (TPSA) is 78.8 Å².